The van der Waals surface area contributed by atoms with Crippen LogP contribution < -0.4 is 42.8 Å². The molecule has 0 saturated carbocycles. The van der Waals surface area contributed by atoms with Gasteiger partial charge in [0.1, 0.15) is 0 Å². The number of hydrogen-bond donors (Lipinski definition) is 0. The van der Waals surface area contributed by atoms with Crippen LogP contribution in [-0.4, -0.2) is 17.7 Å². The van der Waals surface area contributed by atoms with Gasteiger partial charge in [-0.1, -0.05) is 23.6 Å². The normalized spacial score (nSPS) is 9.85. The van der Waals surface area contributed by atoms with E-state index >= 15 is 0 Å². The molecule has 0 radical (unpaired) electrons. The summed E-state index contributed by atoms with van der Waals surface area (Å²) in [6.07, 6.45) is 1.90. The monoisotopic (exact) mass is 329 g/mol. The number of aromatic carboxylic acids is 1. The van der Waals surface area contributed by atoms with Crippen molar-refractivity contribution >= 4 is 44.6 Å². The number of carboxylic acids is 1. The summed E-state index contributed by atoms with van der Waals surface area (Å²) in [7, 11) is 0. The van der Waals surface area contributed by atoms with Gasteiger partial charge in [0, 0.05) is 0 Å². The third-order valence-electron chi connectivity index (χ3n) is 4.10. The number of fused-ring (bicyclic) bond motifs is 3. The van der Waals surface area contributed by atoms with E-state index in [0.29, 0.717) is 5.56 Å². The molecule has 0 aromatic heterocycles. The molecule has 0 aliphatic heterocycles. The first kappa shape index (κ1) is 22.0. The van der Waals surface area contributed by atoms with E-state index in [1.165, 1.54) is 0 Å². The van der Waals surface area contributed by atoms with Crippen molar-refractivity contribution in [2.24, 2.45) is 0 Å². The van der Waals surface area contributed by atoms with E-state index in [2.05, 4.69) is 0 Å². The molecule has 0 spiro atoms. The first-order valence-electron chi connectivity index (χ1n) is 7.15. The maximum Gasteiger partial charge on any atom is 1.00 e. The van der Waals surface area contributed by atoms with Crippen molar-refractivity contribution in [3.05, 3.63) is 71.8 Å². The molecule has 1 N–H and O–H groups in total. The average molecular weight is 329 g/mol. The van der Waals surface area contributed by atoms with Gasteiger partial charge in [0.05, 0.1) is 12.3 Å². The van der Waals surface area contributed by atoms with Crippen LogP contribution in [0, 0.1) is 0 Å². The predicted octanol–water partition coefficient (Wildman–Crippen LogP) is -3.20. The van der Waals surface area contributed by atoms with Crippen molar-refractivity contribution in [1.82, 2.24) is 0 Å². The van der Waals surface area contributed by atoms with Crippen LogP contribution in [0.25, 0.3) is 32.3 Å². The van der Waals surface area contributed by atoms with E-state index < -0.39 is 5.97 Å². The van der Waals surface area contributed by atoms with E-state index in [1.54, 1.807) is 24.3 Å². The summed E-state index contributed by atoms with van der Waals surface area (Å²) in [5.41, 5.74) is 0.694. The number of benzene rings is 4. The van der Waals surface area contributed by atoms with Crippen molar-refractivity contribution in [3.8, 4) is 0 Å². The Morgan fingerprint density at radius 2 is 1.15 bits per heavy atom. The summed E-state index contributed by atoms with van der Waals surface area (Å²) in [5, 5.41) is 16.9. The summed E-state index contributed by atoms with van der Waals surface area (Å²) < 4.78 is 0. The molecule has 118 valence electrons. The zero-order chi connectivity index (χ0) is 16.0. The molecule has 0 heterocycles. The maximum absolute atomic E-state index is 11.0. The summed E-state index contributed by atoms with van der Waals surface area (Å²) >= 11 is 0. The van der Waals surface area contributed by atoms with Crippen LogP contribution in [0.3, 0.4) is 0 Å². The van der Waals surface area contributed by atoms with Crippen LogP contribution in [0.15, 0.2) is 60.7 Å². The molecule has 0 aliphatic rings. The molecule has 0 unspecified atom stereocenters. The fourth-order valence-corrected chi connectivity index (χ4v) is 2.94. The third-order valence-corrected chi connectivity index (χ3v) is 4.10. The fourth-order valence-electron chi connectivity index (χ4n) is 2.94. The van der Waals surface area contributed by atoms with Gasteiger partial charge >= 0.3 is 37.7 Å². The number of carboxylic acid groups (broad SMARTS) is 1. The third kappa shape index (κ3) is 3.86. The first-order chi connectivity index (χ1) is 11.1. The molecule has 4 nitrogen and oxygen atoms in total. The Morgan fingerprint density at radius 1 is 0.692 bits per heavy atom. The van der Waals surface area contributed by atoms with Crippen LogP contribution in [0.5, 0.6) is 0 Å². The van der Waals surface area contributed by atoms with Crippen LogP contribution in [-0.2, 0) is 4.79 Å². The Labute approximate surface area is 173 Å². The Kier molecular flexibility index (Phi) is 7.24. The minimum Gasteiger partial charge on any atom is -0.870 e. The van der Waals surface area contributed by atoms with Gasteiger partial charge in [0.15, 0.2) is 0 Å². The van der Waals surface area contributed by atoms with Crippen molar-refractivity contribution in [2.75, 3.05) is 0 Å². The van der Waals surface area contributed by atoms with Gasteiger partial charge in [-0.3, -0.25) is 0 Å². The van der Waals surface area contributed by atoms with Gasteiger partial charge in [0.2, 0.25) is 0 Å². The standard InChI is InChI=1S/C20H11O3.2Li.H2O/c21-11-12-1-2-13-6-19-10-17-8-15(20(22)23)4-3-14(17)7-18(19)9-16(13)5-12;;;/h1-10H,(H,22,23);;;1H2/q-1;2*+1;/p-2. The second-order valence-corrected chi connectivity index (χ2v) is 5.56. The quantitative estimate of drug-likeness (QED) is 0.220. The molecular formula is C20H11Li2O4-. The maximum atomic E-state index is 11.0. The average Bonchev–Trinajstić information content (AvgIpc) is 2.57. The SMILES string of the molecule is O=[C-]c1ccc2cc3cc4cc(C(=O)[O-])ccc4cc3cc2c1.[Li+].[Li+].[OH-]. The molecule has 0 bridgehead atoms. The second kappa shape index (κ2) is 8.56. The Hall–Kier alpha value is -2.05. The van der Waals surface area contributed by atoms with Gasteiger partial charge in [-0.15, -0.1) is 6.07 Å². The summed E-state index contributed by atoms with van der Waals surface area (Å²) in [4.78, 5) is 21.8. The van der Waals surface area contributed by atoms with Crippen LogP contribution >= 0.6 is 0 Å². The zero-order valence-corrected chi connectivity index (χ0v) is 14.4. The summed E-state index contributed by atoms with van der Waals surface area (Å²) in [6, 6.07) is 18.4. The fraction of sp³-hybridized carbons (Fsp3) is 0. The molecule has 26 heavy (non-hydrogen) atoms. The smallest absolute Gasteiger partial charge is 0.870 e. The van der Waals surface area contributed by atoms with Gasteiger partial charge < -0.3 is 20.2 Å². The van der Waals surface area contributed by atoms with Gasteiger partial charge in [-0.2, -0.15) is 17.7 Å². The van der Waals surface area contributed by atoms with E-state index in [4.69, 9.17) is 0 Å². The first-order valence-corrected chi connectivity index (χ1v) is 7.15. The minimum absolute atomic E-state index is 0. The Morgan fingerprint density at radius 3 is 1.69 bits per heavy atom. The Balaban J connectivity index is 0.00000113. The molecule has 0 saturated heterocycles. The minimum atomic E-state index is -1.18. The van der Waals surface area contributed by atoms with E-state index in [9.17, 15) is 14.7 Å². The van der Waals surface area contributed by atoms with Crippen molar-refractivity contribution in [3.63, 3.8) is 0 Å². The van der Waals surface area contributed by atoms with Crippen LogP contribution in [0.4, 0.5) is 0 Å². The number of rotatable bonds is 2. The van der Waals surface area contributed by atoms with Gasteiger partial charge in [0.25, 0.3) is 0 Å². The molecular weight excluding hydrogens is 318 g/mol. The van der Waals surface area contributed by atoms with Crippen LogP contribution in [0.2, 0.25) is 0 Å². The number of carbonyl (C=O) groups excluding carboxylic acids is 2. The zero-order valence-electron chi connectivity index (χ0n) is 14.4. The van der Waals surface area contributed by atoms with Crippen molar-refractivity contribution in [1.29, 1.82) is 0 Å². The second-order valence-electron chi connectivity index (χ2n) is 5.56. The molecule has 4 aromatic carbocycles. The molecule has 4 aromatic rings. The van der Waals surface area contributed by atoms with Crippen LogP contribution in [0.1, 0.15) is 15.9 Å². The van der Waals surface area contributed by atoms with E-state index in [0.717, 1.165) is 32.3 Å². The molecule has 0 atom stereocenters. The van der Waals surface area contributed by atoms with Crippen molar-refractivity contribution in [2.45, 2.75) is 0 Å². The largest absolute Gasteiger partial charge is 1.00 e. The predicted molar refractivity (Wildman–Crippen MR) is 90.0 cm³/mol. The molecule has 6 heteroatoms. The summed E-state index contributed by atoms with van der Waals surface area (Å²) in [6.45, 7) is 0. The number of hydrogen-bond acceptors (Lipinski definition) is 4. The Bertz CT molecular complexity index is 1120. The molecule has 0 fully saturated rings. The van der Waals surface area contributed by atoms with E-state index in [1.807, 2.05) is 42.7 Å². The van der Waals surface area contributed by atoms with Gasteiger partial charge in [-0.25, -0.2) is 0 Å². The van der Waals surface area contributed by atoms with E-state index in [-0.39, 0.29) is 48.8 Å². The van der Waals surface area contributed by atoms with Crippen molar-refractivity contribution < 1.29 is 57.9 Å². The molecule has 0 aliphatic carbocycles. The topological polar surface area (TPSA) is 87.2 Å². The molecule has 4 rings (SSSR count). The number of carbonyl (C=O) groups is 1. The molecule has 0 amide bonds. The van der Waals surface area contributed by atoms with Gasteiger partial charge in [-0.05, 0) is 56.8 Å². The summed E-state index contributed by atoms with van der Waals surface area (Å²) in [5.74, 6) is -1.18.